The molecule has 0 radical (unpaired) electrons. The lowest BCUT2D eigenvalue weighted by molar-refractivity contribution is -0.135. The van der Waals surface area contributed by atoms with E-state index in [0.29, 0.717) is 10.2 Å². The zero-order valence-corrected chi connectivity index (χ0v) is 10.9. The molecular formula is C11H13BrFNO2. The van der Waals surface area contributed by atoms with Crippen LogP contribution in [0.3, 0.4) is 0 Å². The number of hydrogen-bond acceptors (Lipinski definition) is 2. The van der Waals surface area contributed by atoms with Crippen molar-refractivity contribution in [1.82, 2.24) is 4.90 Å². The minimum Gasteiger partial charge on any atom is -0.481 e. The molecule has 3 nitrogen and oxygen atoms in total. The molecule has 0 bridgehead atoms. The Bertz CT molecular complexity index is 375. The summed E-state index contributed by atoms with van der Waals surface area (Å²) in [6, 6.07) is 4.18. The van der Waals surface area contributed by atoms with Crippen molar-refractivity contribution in [2.24, 2.45) is 0 Å². The van der Waals surface area contributed by atoms with Crippen molar-refractivity contribution in [2.45, 2.75) is 13.0 Å². The second kappa shape index (κ2) is 5.30. The molecule has 0 spiro atoms. The Morgan fingerprint density at radius 3 is 2.56 bits per heavy atom. The average molecular weight is 290 g/mol. The summed E-state index contributed by atoms with van der Waals surface area (Å²) in [4.78, 5) is 12.9. The van der Waals surface area contributed by atoms with E-state index in [9.17, 15) is 9.18 Å². The van der Waals surface area contributed by atoms with Crippen molar-refractivity contribution < 1.29 is 13.9 Å². The summed E-state index contributed by atoms with van der Waals surface area (Å²) < 4.78 is 18.9. The third kappa shape index (κ3) is 3.48. The van der Waals surface area contributed by atoms with E-state index in [1.54, 1.807) is 27.1 Å². The summed E-state index contributed by atoms with van der Waals surface area (Å²) in [6.45, 7) is 1.63. The normalized spacial score (nSPS) is 12.1. The van der Waals surface area contributed by atoms with Crippen LogP contribution in [-0.2, 0) is 4.79 Å². The Hall–Kier alpha value is -1.10. The van der Waals surface area contributed by atoms with E-state index >= 15 is 0 Å². The molecular weight excluding hydrogens is 277 g/mol. The minimum absolute atomic E-state index is 0.166. The average Bonchev–Trinajstić information content (AvgIpc) is 2.14. The second-order valence-electron chi connectivity index (χ2n) is 3.60. The molecule has 0 saturated carbocycles. The van der Waals surface area contributed by atoms with Gasteiger partial charge in [-0.2, -0.15) is 0 Å². The highest BCUT2D eigenvalue weighted by Gasteiger charge is 2.16. The van der Waals surface area contributed by atoms with Crippen LogP contribution in [0.25, 0.3) is 0 Å². The van der Waals surface area contributed by atoms with Gasteiger partial charge in [-0.15, -0.1) is 0 Å². The Morgan fingerprint density at radius 1 is 1.44 bits per heavy atom. The van der Waals surface area contributed by atoms with Gasteiger partial charge < -0.3 is 9.64 Å². The maximum atomic E-state index is 13.0. The number of halogens is 2. The van der Waals surface area contributed by atoms with Crippen LogP contribution < -0.4 is 4.74 Å². The molecule has 0 aliphatic carbocycles. The van der Waals surface area contributed by atoms with Gasteiger partial charge in [-0.25, -0.2) is 4.39 Å². The number of benzene rings is 1. The summed E-state index contributed by atoms with van der Waals surface area (Å²) in [5.41, 5.74) is 0. The number of hydrogen-bond donors (Lipinski definition) is 0. The first-order valence-corrected chi connectivity index (χ1v) is 5.53. The van der Waals surface area contributed by atoms with Gasteiger partial charge in [0.2, 0.25) is 0 Å². The van der Waals surface area contributed by atoms with Gasteiger partial charge in [0.25, 0.3) is 5.91 Å². The smallest absolute Gasteiger partial charge is 0.262 e. The van der Waals surface area contributed by atoms with Gasteiger partial charge in [0.15, 0.2) is 6.10 Å². The molecule has 1 atom stereocenters. The molecule has 1 aromatic rings. The lowest BCUT2D eigenvalue weighted by Crippen LogP contribution is -2.35. The Balaban J connectivity index is 2.76. The SMILES string of the molecule is CC(Oc1cc(F)cc(Br)c1)C(=O)N(C)C. The molecule has 1 rings (SSSR count). The third-order valence-corrected chi connectivity index (χ3v) is 2.40. The monoisotopic (exact) mass is 289 g/mol. The van der Waals surface area contributed by atoms with Crippen LogP contribution in [0.15, 0.2) is 22.7 Å². The zero-order chi connectivity index (χ0) is 12.3. The van der Waals surface area contributed by atoms with E-state index in [1.165, 1.54) is 17.0 Å². The highest BCUT2D eigenvalue weighted by molar-refractivity contribution is 9.10. The van der Waals surface area contributed by atoms with E-state index in [0.717, 1.165) is 0 Å². The van der Waals surface area contributed by atoms with Crippen molar-refractivity contribution >= 4 is 21.8 Å². The predicted molar refractivity (Wildman–Crippen MR) is 62.9 cm³/mol. The summed E-state index contributed by atoms with van der Waals surface area (Å²) in [5.74, 6) is -0.246. The minimum atomic E-state index is -0.635. The first-order valence-electron chi connectivity index (χ1n) is 4.74. The van der Waals surface area contributed by atoms with E-state index in [4.69, 9.17) is 4.74 Å². The molecule has 1 amide bonds. The van der Waals surface area contributed by atoms with E-state index < -0.39 is 11.9 Å². The van der Waals surface area contributed by atoms with Gasteiger partial charge in [-0.3, -0.25) is 4.79 Å². The van der Waals surface area contributed by atoms with Crippen LogP contribution >= 0.6 is 15.9 Å². The number of rotatable bonds is 3. The second-order valence-corrected chi connectivity index (χ2v) is 4.51. The fraction of sp³-hybridized carbons (Fsp3) is 0.364. The summed E-state index contributed by atoms with van der Waals surface area (Å²) in [5, 5.41) is 0. The first kappa shape index (κ1) is 13.0. The van der Waals surface area contributed by atoms with E-state index in [-0.39, 0.29) is 5.91 Å². The molecule has 0 aromatic heterocycles. The highest BCUT2D eigenvalue weighted by atomic mass is 79.9. The lowest BCUT2D eigenvalue weighted by atomic mass is 10.3. The third-order valence-electron chi connectivity index (χ3n) is 1.94. The summed E-state index contributed by atoms with van der Waals surface area (Å²) >= 11 is 3.15. The Morgan fingerprint density at radius 2 is 2.06 bits per heavy atom. The number of ether oxygens (including phenoxy) is 1. The lowest BCUT2D eigenvalue weighted by Gasteiger charge is -2.18. The van der Waals surface area contributed by atoms with Crippen LogP contribution in [0, 0.1) is 5.82 Å². The first-order chi connectivity index (χ1) is 7.40. The molecule has 0 N–H and O–H groups in total. The number of nitrogens with zero attached hydrogens (tertiary/aromatic N) is 1. The van der Waals surface area contributed by atoms with Crippen molar-refractivity contribution in [3.05, 3.63) is 28.5 Å². The van der Waals surface area contributed by atoms with Gasteiger partial charge >= 0.3 is 0 Å². The van der Waals surface area contributed by atoms with Gasteiger partial charge in [0, 0.05) is 24.6 Å². The van der Waals surface area contributed by atoms with E-state index in [2.05, 4.69) is 15.9 Å². The fourth-order valence-electron chi connectivity index (χ4n) is 1.21. The van der Waals surface area contributed by atoms with Crippen molar-refractivity contribution in [3.8, 4) is 5.75 Å². The zero-order valence-electron chi connectivity index (χ0n) is 9.33. The van der Waals surface area contributed by atoms with Crippen molar-refractivity contribution in [1.29, 1.82) is 0 Å². The molecule has 0 aliphatic heterocycles. The number of carbonyl (C=O) groups excluding carboxylic acids is 1. The van der Waals surface area contributed by atoms with Gasteiger partial charge in [0.1, 0.15) is 11.6 Å². The molecule has 88 valence electrons. The largest absolute Gasteiger partial charge is 0.481 e. The molecule has 1 aromatic carbocycles. The summed E-state index contributed by atoms with van der Waals surface area (Å²) in [7, 11) is 3.29. The number of likely N-dealkylation sites (N-methyl/N-ethyl adjacent to an activating group) is 1. The number of carbonyl (C=O) groups is 1. The molecule has 0 aliphatic rings. The topological polar surface area (TPSA) is 29.5 Å². The Labute approximate surface area is 102 Å². The van der Waals surface area contributed by atoms with Crippen molar-refractivity contribution in [2.75, 3.05) is 14.1 Å². The molecule has 0 heterocycles. The molecule has 1 unspecified atom stereocenters. The van der Waals surface area contributed by atoms with Gasteiger partial charge in [0.05, 0.1) is 0 Å². The van der Waals surface area contributed by atoms with Gasteiger partial charge in [-0.05, 0) is 19.1 Å². The molecule has 0 saturated heterocycles. The highest BCUT2D eigenvalue weighted by Crippen LogP contribution is 2.21. The van der Waals surface area contributed by atoms with Crippen LogP contribution in [0.1, 0.15) is 6.92 Å². The maximum absolute atomic E-state index is 13.0. The number of amides is 1. The quantitative estimate of drug-likeness (QED) is 0.855. The van der Waals surface area contributed by atoms with E-state index in [1.807, 2.05) is 0 Å². The van der Waals surface area contributed by atoms with Crippen LogP contribution in [0.4, 0.5) is 4.39 Å². The summed E-state index contributed by atoms with van der Waals surface area (Å²) in [6.07, 6.45) is -0.635. The van der Waals surface area contributed by atoms with Crippen molar-refractivity contribution in [3.63, 3.8) is 0 Å². The molecule has 16 heavy (non-hydrogen) atoms. The fourth-order valence-corrected chi connectivity index (χ4v) is 1.66. The van der Waals surface area contributed by atoms with Gasteiger partial charge in [-0.1, -0.05) is 15.9 Å². The van der Waals surface area contributed by atoms with Crippen LogP contribution in [-0.4, -0.2) is 31.0 Å². The molecule has 5 heteroatoms. The van der Waals surface area contributed by atoms with Crippen LogP contribution in [0.5, 0.6) is 5.75 Å². The van der Waals surface area contributed by atoms with Crippen LogP contribution in [0.2, 0.25) is 0 Å². The predicted octanol–water partition coefficient (Wildman–Crippen LogP) is 2.44. The molecule has 0 fully saturated rings. The Kier molecular flexibility index (Phi) is 4.29. The maximum Gasteiger partial charge on any atom is 0.262 e. The standard InChI is InChI=1S/C11H13BrFNO2/c1-7(11(15)14(2)3)16-10-5-8(12)4-9(13)6-10/h4-7H,1-3H3.